The third-order valence-corrected chi connectivity index (χ3v) is 2.04. The molecule has 0 saturated heterocycles. The Labute approximate surface area is 80.8 Å². The van der Waals surface area contributed by atoms with Gasteiger partial charge in [0, 0.05) is 19.6 Å². The van der Waals surface area contributed by atoms with Crippen LogP contribution in [0.5, 0.6) is 0 Å². The summed E-state index contributed by atoms with van der Waals surface area (Å²) in [5.41, 5.74) is 0. The number of carbonyl (C=O) groups is 1. The molecular weight excluding hydrogens is 164 g/mol. The van der Waals surface area contributed by atoms with E-state index in [1.807, 2.05) is 0 Å². The van der Waals surface area contributed by atoms with Crippen molar-refractivity contribution < 1.29 is 4.79 Å². The van der Waals surface area contributed by atoms with Crippen molar-refractivity contribution in [3.05, 3.63) is 12.7 Å². The summed E-state index contributed by atoms with van der Waals surface area (Å²) in [6.45, 7) is 8.77. The Hall–Kier alpha value is -0.830. The van der Waals surface area contributed by atoms with E-state index in [0.717, 1.165) is 6.42 Å². The summed E-state index contributed by atoms with van der Waals surface area (Å²) >= 11 is 0. The molecule has 0 bridgehead atoms. The SMILES string of the molecule is C=CCN(C)C(=O)CNC(C)CC. The zero-order chi connectivity index (χ0) is 10.3. The van der Waals surface area contributed by atoms with Crippen LogP contribution in [0.4, 0.5) is 0 Å². The highest BCUT2D eigenvalue weighted by atomic mass is 16.2. The summed E-state index contributed by atoms with van der Waals surface area (Å²) in [5, 5.41) is 3.15. The van der Waals surface area contributed by atoms with Crippen molar-refractivity contribution in [1.82, 2.24) is 10.2 Å². The fourth-order valence-corrected chi connectivity index (χ4v) is 0.836. The molecule has 0 heterocycles. The molecular formula is C10H20N2O. The summed E-state index contributed by atoms with van der Waals surface area (Å²) in [5.74, 6) is 0.111. The summed E-state index contributed by atoms with van der Waals surface area (Å²) < 4.78 is 0. The predicted molar refractivity (Wildman–Crippen MR) is 55.6 cm³/mol. The van der Waals surface area contributed by atoms with Crippen LogP contribution in [-0.2, 0) is 4.79 Å². The molecule has 0 radical (unpaired) electrons. The molecule has 0 spiro atoms. The van der Waals surface area contributed by atoms with Crippen molar-refractivity contribution in [3.63, 3.8) is 0 Å². The average molecular weight is 184 g/mol. The quantitative estimate of drug-likeness (QED) is 0.625. The second-order valence-electron chi connectivity index (χ2n) is 3.25. The summed E-state index contributed by atoms with van der Waals surface area (Å²) in [4.78, 5) is 13.0. The van der Waals surface area contributed by atoms with E-state index in [9.17, 15) is 4.79 Å². The number of carbonyl (C=O) groups excluding carboxylic acids is 1. The fraction of sp³-hybridized carbons (Fsp3) is 0.700. The normalized spacial score (nSPS) is 12.2. The number of likely N-dealkylation sites (N-methyl/N-ethyl adjacent to an activating group) is 1. The van der Waals surface area contributed by atoms with Crippen LogP contribution in [0.15, 0.2) is 12.7 Å². The van der Waals surface area contributed by atoms with Gasteiger partial charge in [-0.05, 0) is 13.3 Å². The van der Waals surface area contributed by atoms with Gasteiger partial charge in [-0.2, -0.15) is 0 Å². The van der Waals surface area contributed by atoms with Gasteiger partial charge in [-0.15, -0.1) is 6.58 Å². The molecule has 0 aromatic heterocycles. The van der Waals surface area contributed by atoms with Crippen molar-refractivity contribution in [1.29, 1.82) is 0 Å². The third-order valence-electron chi connectivity index (χ3n) is 2.04. The van der Waals surface area contributed by atoms with Crippen LogP contribution in [-0.4, -0.2) is 37.0 Å². The van der Waals surface area contributed by atoms with Crippen LogP contribution in [0.2, 0.25) is 0 Å². The predicted octanol–water partition coefficient (Wildman–Crippen LogP) is 1.02. The molecule has 3 heteroatoms. The van der Waals surface area contributed by atoms with Crippen molar-refractivity contribution >= 4 is 5.91 Å². The number of amides is 1. The summed E-state index contributed by atoms with van der Waals surface area (Å²) in [6.07, 6.45) is 2.76. The first-order chi connectivity index (χ1) is 6.11. The Kier molecular flexibility index (Phi) is 6.24. The molecule has 0 rings (SSSR count). The van der Waals surface area contributed by atoms with Crippen LogP contribution in [0, 0.1) is 0 Å². The Morgan fingerprint density at radius 1 is 1.69 bits per heavy atom. The minimum Gasteiger partial charge on any atom is -0.341 e. The zero-order valence-corrected chi connectivity index (χ0v) is 8.84. The molecule has 0 aromatic carbocycles. The highest BCUT2D eigenvalue weighted by Gasteiger charge is 2.07. The van der Waals surface area contributed by atoms with Crippen molar-refractivity contribution in [3.8, 4) is 0 Å². The van der Waals surface area contributed by atoms with Crippen LogP contribution in [0.1, 0.15) is 20.3 Å². The molecule has 1 unspecified atom stereocenters. The molecule has 0 aliphatic carbocycles. The van der Waals surface area contributed by atoms with Crippen LogP contribution < -0.4 is 5.32 Å². The molecule has 13 heavy (non-hydrogen) atoms. The summed E-state index contributed by atoms with van der Waals surface area (Å²) in [7, 11) is 1.78. The fourth-order valence-electron chi connectivity index (χ4n) is 0.836. The van der Waals surface area contributed by atoms with E-state index >= 15 is 0 Å². The lowest BCUT2D eigenvalue weighted by molar-refractivity contribution is -0.128. The molecule has 0 aliphatic rings. The number of hydrogen-bond acceptors (Lipinski definition) is 2. The van der Waals surface area contributed by atoms with Gasteiger partial charge in [0.05, 0.1) is 6.54 Å². The van der Waals surface area contributed by atoms with Gasteiger partial charge in [0.2, 0.25) is 5.91 Å². The number of nitrogens with one attached hydrogen (secondary N) is 1. The van der Waals surface area contributed by atoms with E-state index in [-0.39, 0.29) is 5.91 Å². The highest BCUT2D eigenvalue weighted by Crippen LogP contribution is 1.89. The smallest absolute Gasteiger partial charge is 0.236 e. The van der Waals surface area contributed by atoms with E-state index in [1.165, 1.54) is 0 Å². The third kappa shape index (κ3) is 5.42. The largest absolute Gasteiger partial charge is 0.341 e. The van der Waals surface area contributed by atoms with Crippen molar-refractivity contribution in [2.24, 2.45) is 0 Å². The Morgan fingerprint density at radius 2 is 2.31 bits per heavy atom. The number of rotatable bonds is 6. The number of nitrogens with zero attached hydrogens (tertiary/aromatic N) is 1. The van der Waals surface area contributed by atoms with E-state index in [4.69, 9.17) is 0 Å². The van der Waals surface area contributed by atoms with Crippen LogP contribution in [0.25, 0.3) is 0 Å². The van der Waals surface area contributed by atoms with Crippen molar-refractivity contribution in [2.45, 2.75) is 26.3 Å². The monoisotopic (exact) mass is 184 g/mol. The first-order valence-corrected chi connectivity index (χ1v) is 4.70. The molecule has 0 aromatic rings. The van der Waals surface area contributed by atoms with E-state index in [0.29, 0.717) is 19.1 Å². The molecule has 0 saturated carbocycles. The molecule has 1 N–H and O–H groups in total. The topological polar surface area (TPSA) is 32.3 Å². The van der Waals surface area contributed by atoms with Crippen LogP contribution >= 0.6 is 0 Å². The standard InChI is InChI=1S/C10H20N2O/c1-5-7-12(4)10(13)8-11-9(3)6-2/h5,9,11H,1,6-8H2,2-4H3. The summed E-state index contributed by atoms with van der Waals surface area (Å²) in [6, 6.07) is 0.404. The van der Waals surface area contributed by atoms with E-state index in [2.05, 4.69) is 25.7 Å². The maximum atomic E-state index is 11.4. The highest BCUT2D eigenvalue weighted by molar-refractivity contribution is 5.78. The second-order valence-corrected chi connectivity index (χ2v) is 3.25. The van der Waals surface area contributed by atoms with Gasteiger partial charge in [0.25, 0.3) is 0 Å². The van der Waals surface area contributed by atoms with Gasteiger partial charge in [-0.3, -0.25) is 4.79 Å². The first-order valence-electron chi connectivity index (χ1n) is 4.70. The molecule has 3 nitrogen and oxygen atoms in total. The van der Waals surface area contributed by atoms with Gasteiger partial charge >= 0.3 is 0 Å². The Balaban J connectivity index is 3.67. The molecule has 0 aliphatic heterocycles. The van der Waals surface area contributed by atoms with Gasteiger partial charge in [-0.25, -0.2) is 0 Å². The maximum Gasteiger partial charge on any atom is 0.236 e. The first kappa shape index (κ1) is 12.2. The van der Waals surface area contributed by atoms with E-state index in [1.54, 1.807) is 18.0 Å². The lowest BCUT2D eigenvalue weighted by atomic mass is 10.2. The molecule has 76 valence electrons. The van der Waals surface area contributed by atoms with Crippen molar-refractivity contribution in [2.75, 3.05) is 20.1 Å². The van der Waals surface area contributed by atoms with Gasteiger partial charge in [0.1, 0.15) is 0 Å². The lowest BCUT2D eigenvalue weighted by Gasteiger charge is -2.17. The molecule has 1 atom stereocenters. The van der Waals surface area contributed by atoms with E-state index < -0.39 is 0 Å². The maximum absolute atomic E-state index is 11.4. The van der Waals surface area contributed by atoms with Gasteiger partial charge in [-0.1, -0.05) is 13.0 Å². The minimum atomic E-state index is 0.111. The average Bonchev–Trinajstić information content (AvgIpc) is 2.13. The van der Waals surface area contributed by atoms with Crippen LogP contribution in [0.3, 0.4) is 0 Å². The lowest BCUT2D eigenvalue weighted by Crippen LogP contribution is -2.38. The molecule has 1 amide bonds. The minimum absolute atomic E-state index is 0.111. The Bertz CT molecular complexity index is 168. The molecule has 0 fully saturated rings. The second kappa shape index (κ2) is 6.66. The van der Waals surface area contributed by atoms with Gasteiger partial charge < -0.3 is 10.2 Å². The van der Waals surface area contributed by atoms with Gasteiger partial charge in [0.15, 0.2) is 0 Å². The zero-order valence-electron chi connectivity index (χ0n) is 8.84. The number of hydrogen-bond donors (Lipinski definition) is 1. The Morgan fingerprint density at radius 3 is 2.77 bits per heavy atom.